The highest BCUT2D eigenvalue weighted by Gasteiger charge is 2.42. The van der Waals surface area contributed by atoms with E-state index in [9.17, 15) is 24.9 Å². The number of aliphatic hydroxyl groups is 2. The molecule has 1 amide bonds. The number of aromatic hydroxyl groups is 1. The van der Waals surface area contributed by atoms with Gasteiger partial charge in [-0.1, -0.05) is 6.07 Å². The number of β-amino-alcohol motifs (C(OH)–C–C–N with tert-alkyl or cyclic N) is 1. The Morgan fingerprint density at radius 2 is 2.04 bits per heavy atom. The maximum Gasteiger partial charge on any atom is 0.290 e. The molecule has 0 aromatic heterocycles. The molecule has 1 heterocycles. The fraction of sp³-hybridized carbons (Fsp3) is 0.412. The van der Waals surface area contributed by atoms with E-state index in [1.807, 2.05) is 0 Å². The van der Waals surface area contributed by atoms with Crippen LogP contribution in [0.2, 0.25) is 0 Å². The van der Waals surface area contributed by atoms with Crippen LogP contribution < -0.4 is 4.74 Å². The number of phenols is 1. The highest BCUT2D eigenvalue weighted by Crippen LogP contribution is 2.40. The Labute approximate surface area is 139 Å². The molecule has 0 radical (unpaired) electrons. The van der Waals surface area contributed by atoms with Crippen LogP contribution in [0.3, 0.4) is 0 Å². The number of amides is 1. The van der Waals surface area contributed by atoms with Crippen molar-refractivity contribution in [2.45, 2.75) is 32.9 Å². The number of rotatable bonds is 6. The van der Waals surface area contributed by atoms with Crippen molar-refractivity contribution in [1.29, 1.82) is 0 Å². The van der Waals surface area contributed by atoms with Crippen LogP contribution in [0.15, 0.2) is 29.5 Å². The molecule has 0 bridgehead atoms. The van der Waals surface area contributed by atoms with E-state index in [1.165, 1.54) is 30.9 Å². The third-order valence-electron chi connectivity index (χ3n) is 3.74. The van der Waals surface area contributed by atoms with Gasteiger partial charge in [0.05, 0.1) is 24.3 Å². The van der Waals surface area contributed by atoms with Crippen LogP contribution in [0.5, 0.6) is 11.5 Å². The number of carbonyl (C=O) groups excluding carboxylic acids is 2. The van der Waals surface area contributed by atoms with E-state index in [1.54, 1.807) is 13.0 Å². The minimum Gasteiger partial charge on any atom is -0.504 e. The average molecular weight is 335 g/mol. The van der Waals surface area contributed by atoms with Crippen molar-refractivity contribution in [2.24, 2.45) is 0 Å². The largest absolute Gasteiger partial charge is 0.504 e. The van der Waals surface area contributed by atoms with Crippen LogP contribution in [-0.4, -0.2) is 51.2 Å². The maximum absolute atomic E-state index is 12.3. The zero-order valence-electron chi connectivity index (χ0n) is 13.8. The van der Waals surface area contributed by atoms with Gasteiger partial charge >= 0.3 is 0 Å². The Kier molecular flexibility index (Phi) is 5.14. The summed E-state index contributed by atoms with van der Waals surface area (Å²) in [5.41, 5.74) is 0.466. The Balaban J connectivity index is 2.55. The second-order valence-corrected chi connectivity index (χ2v) is 5.69. The van der Waals surface area contributed by atoms with Crippen molar-refractivity contribution in [3.8, 4) is 11.5 Å². The summed E-state index contributed by atoms with van der Waals surface area (Å²) in [5.74, 6) is -1.61. The minimum atomic E-state index is -0.843. The van der Waals surface area contributed by atoms with Gasteiger partial charge in [0.1, 0.15) is 0 Å². The second-order valence-electron chi connectivity index (χ2n) is 5.69. The Morgan fingerprint density at radius 3 is 2.58 bits per heavy atom. The number of phenolic OH excluding ortho intramolecular Hbond substituents is 1. The number of carbonyl (C=O) groups is 2. The highest BCUT2D eigenvalue weighted by molar-refractivity contribution is 6.08. The predicted molar refractivity (Wildman–Crippen MR) is 85.7 cm³/mol. The van der Waals surface area contributed by atoms with E-state index in [-0.39, 0.29) is 23.6 Å². The van der Waals surface area contributed by atoms with E-state index in [0.717, 1.165) is 0 Å². The molecule has 0 fully saturated rings. The molecular weight excluding hydrogens is 314 g/mol. The molecule has 0 saturated heterocycles. The summed E-state index contributed by atoms with van der Waals surface area (Å²) < 4.78 is 5.34. The van der Waals surface area contributed by atoms with Gasteiger partial charge < -0.3 is 25.0 Å². The number of benzene rings is 1. The topological polar surface area (TPSA) is 107 Å². The van der Waals surface area contributed by atoms with Crippen LogP contribution in [0.4, 0.5) is 0 Å². The lowest BCUT2D eigenvalue weighted by atomic mass is 9.96. The van der Waals surface area contributed by atoms with Gasteiger partial charge in [0.2, 0.25) is 0 Å². The van der Waals surface area contributed by atoms with Crippen LogP contribution in [0.1, 0.15) is 32.4 Å². The zero-order chi connectivity index (χ0) is 18.0. The molecule has 1 aliphatic rings. The number of hydrogen-bond acceptors (Lipinski definition) is 6. The number of nitrogens with zero attached hydrogens (tertiary/aromatic N) is 1. The fourth-order valence-electron chi connectivity index (χ4n) is 2.80. The predicted octanol–water partition coefficient (Wildman–Crippen LogP) is 1.46. The third kappa shape index (κ3) is 3.21. The molecule has 0 saturated carbocycles. The summed E-state index contributed by atoms with van der Waals surface area (Å²) in [6.07, 6.45) is -0.834. The van der Waals surface area contributed by atoms with E-state index >= 15 is 0 Å². The Morgan fingerprint density at radius 1 is 1.38 bits per heavy atom. The maximum atomic E-state index is 12.3. The summed E-state index contributed by atoms with van der Waals surface area (Å²) in [4.78, 5) is 25.5. The van der Waals surface area contributed by atoms with Crippen molar-refractivity contribution in [3.05, 3.63) is 35.1 Å². The van der Waals surface area contributed by atoms with Crippen molar-refractivity contribution < 1.29 is 29.6 Å². The molecule has 0 aliphatic carbocycles. The molecule has 0 spiro atoms. The van der Waals surface area contributed by atoms with Gasteiger partial charge in [-0.25, -0.2) is 0 Å². The average Bonchev–Trinajstić information content (AvgIpc) is 2.74. The summed E-state index contributed by atoms with van der Waals surface area (Å²) in [6, 6.07) is 3.63. The summed E-state index contributed by atoms with van der Waals surface area (Å²) >= 11 is 0. The molecular formula is C17H21NO6. The summed E-state index contributed by atoms with van der Waals surface area (Å²) in [6.45, 7) is 4.82. The quantitative estimate of drug-likeness (QED) is 0.726. The zero-order valence-corrected chi connectivity index (χ0v) is 13.8. The summed E-state index contributed by atoms with van der Waals surface area (Å²) in [7, 11) is 0. The number of Topliss-reactive ketones (excluding diaryl/α,β-unsaturated/α-hetero) is 1. The van der Waals surface area contributed by atoms with Gasteiger partial charge in [0.15, 0.2) is 23.0 Å². The molecule has 0 unspecified atom stereocenters. The first kappa shape index (κ1) is 17.8. The van der Waals surface area contributed by atoms with Crippen LogP contribution in [-0.2, 0) is 9.59 Å². The first-order valence-corrected chi connectivity index (χ1v) is 7.66. The highest BCUT2D eigenvalue weighted by atomic mass is 16.5. The van der Waals surface area contributed by atoms with Crippen molar-refractivity contribution in [1.82, 2.24) is 4.90 Å². The van der Waals surface area contributed by atoms with Crippen molar-refractivity contribution >= 4 is 11.7 Å². The van der Waals surface area contributed by atoms with E-state index in [0.29, 0.717) is 12.2 Å². The number of ether oxygens (including phenoxy) is 1. The molecule has 1 aliphatic heterocycles. The monoisotopic (exact) mass is 335 g/mol. The van der Waals surface area contributed by atoms with Crippen LogP contribution in [0, 0.1) is 0 Å². The lowest BCUT2D eigenvalue weighted by molar-refractivity contribution is -0.130. The van der Waals surface area contributed by atoms with E-state index in [4.69, 9.17) is 4.74 Å². The fourth-order valence-corrected chi connectivity index (χ4v) is 2.80. The number of ketones is 1. The molecule has 7 nitrogen and oxygen atoms in total. The molecule has 1 aromatic rings. The van der Waals surface area contributed by atoms with Crippen LogP contribution in [0.25, 0.3) is 0 Å². The van der Waals surface area contributed by atoms with Gasteiger partial charge in [0, 0.05) is 6.54 Å². The lowest BCUT2D eigenvalue weighted by Gasteiger charge is -2.28. The van der Waals surface area contributed by atoms with Gasteiger partial charge in [0.25, 0.3) is 5.91 Å². The SMILES string of the molecule is CCOc1cc([C@H]2C(C(C)=O)=C(O)C(=O)N2C[C@@H](C)O)ccc1O. The first-order valence-electron chi connectivity index (χ1n) is 7.66. The number of hydrogen-bond donors (Lipinski definition) is 3. The van der Waals surface area contributed by atoms with Crippen molar-refractivity contribution in [3.63, 3.8) is 0 Å². The van der Waals surface area contributed by atoms with E-state index < -0.39 is 29.6 Å². The van der Waals surface area contributed by atoms with Gasteiger partial charge in [-0.2, -0.15) is 0 Å². The van der Waals surface area contributed by atoms with Gasteiger partial charge in [-0.05, 0) is 38.5 Å². The third-order valence-corrected chi connectivity index (χ3v) is 3.74. The smallest absolute Gasteiger partial charge is 0.290 e. The minimum absolute atomic E-state index is 0.0335. The summed E-state index contributed by atoms with van der Waals surface area (Å²) in [5, 5.41) is 29.5. The number of aliphatic hydroxyl groups excluding tert-OH is 2. The standard InChI is InChI=1S/C17H21NO6/c1-4-24-13-7-11(5-6-12(13)21)15-14(10(3)20)16(22)17(23)18(15)8-9(2)19/h5-7,9,15,19,21-22H,4,8H2,1-3H3/t9-,15+/m1/s1. The molecule has 2 atom stereocenters. The molecule has 130 valence electrons. The normalized spacial score (nSPS) is 18.9. The molecule has 3 N–H and O–H groups in total. The molecule has 1 aromatic carbocycles. The van der Waals surface area contributed by atoms with E-state index in [2.05, 4.69) is 0 Å². The Bertz CT molecular complexity index is 694. The van der Waals surface area contributed by atoms with Crippen LogP contribution >= 0.6 is 0 Å². The van der Waals surface area contributed by atoms with Gasteiger partial charge in [-0.3, -0.25) is 9.59 Å². The Hall–Kier alpha value is -2.54. The lowest BCUT2D eigenvalue weighted by Crippen LogP contribution is -2.36. The molecule has 7 heteroatoms. The van der Waals surface area contributed by atoms with Gasteiger partial charge in [-0.15, -0.1) is 0 Å². The molecule has 24 heavy (non-hydrogen) atoms. The molecule has 2 rings (SSSR count). The first-order chi connectivity index (χ1) is 11.3. The second kappa shape index (κ2) is 6.92. The van der Waals surface area contributed by atoms with Crippen molar-refractivity contribution in [2.75, 3.05) is 13.2 Å².